The highest BCUT2D eigenvalue weighted by Crippen LogP contribution is 2.13. The first-order valence-corrected chi connectivity index (χ1v) is 6.29. The maximum atomic E-state index is 6.03. The van der Waals surface area contributed by atoms with E-state index < -0.39 is 0 Å². The maximum absolute atomic E-state index is 6.03. The summed E-state index contributed by atoms with van der Waals surface area (Å²) in [6, 6.07) is 0. The molecule has 1 rings (SSSR count). The number of rotatable bonds is 8. The molecule has 0 bridgehead atoms. The van der Waals surface area contributed by atoms with Crippen LogP contribution < -0.4 is 11.1 Å². The predicted octanol–water partition coefficient (Wildman–Crippen LogP) is 1.84. The Morgan fingerprint density at radius 2 is 2.25 bits per heavy atom. The minimum atomic E-state index is 0.589. The Bertz CT molecular complexity index is 298. The summed E-state index contributed by atoms with van der Waals surface area (Å²) in [5.74, 6) is 0.988. The highest BCUT2D eigenvalue weighted by Gasteiger charge is 2.06. The molecule has 1 heterocycles. The van der Waals surface area contributed by atoms with E-state index in [9.17, 15) is 0 Å². The molecule has 0 aromatic carbocycles. The molecule has 0 aliphatic carbocycles. The summed E-state index contributed by atoms with van der Waals surface area (Å²) in [6.45, 7) is 4.53. The second-order valence-corrected chi connectivity index (χ2v) is 4.23. The molecule has 5 heteroatoms. The number of aryl methyl sites for hydroxylation is 1. The van der Waals surface area contributed by atoms with Crippen LogP contribution >= 0.6 is 11.6 Å². The van der Waals surface area contributed by atoms with Gasteiger partial charge in [0.25, 0.3) is 0 Å². The number of nitrogens with two attached hydrogens (primary N) is 1. The van der Waals surface area contributed by atoms with E-state index in [-0.39, 0.29) is 0 Å². The molecule has 0 saturated heterocycles. The Morgan fingerprint density at radius 1 is 1.44 bits per heavy atom. The molecule has 92 valence electrons. The zero-order valence-corrected chi connectivity index (χ0v) is 10.6. The van der Waals surface area contributed by atoms with Crippen molar-refractivity contribution in [3.8, 4) is 0 Å². The molecular weight excluding hydrogens is 224 g/mol. The summed E-state index contributed by atoms with van der Waals surface area (Å²) < 4.78 is 0. The Hall–Kier alpha value is -0.580. The van der Waals surface area contributed by atoms with Crippen molar-refractivity contribution in [2.45, 2.75) is 39.2 Å². The van der Waals surface area contributed by atoms with Crippen molar-refractivity contribution in [1.29, 1.82) is 0 Å². The van der Waals surface area contributed by atoms with Crippen LogP contribution in [0.2, 0.25) is 5.15 Å². The molecule has 4 N–H and O–H groups in total. The zero-order chi connectivity index (χ0) is 11.8. The first kappa shape index (κ1) is 13.5. The van der Waals surface area contributed by atoms with Crippen LogP contribution in [-0.2, 0) is 13.0 Å². The largest absolute Gasteiger partial charge is 0.344 e. The third kappa shape index (κ3) is 4.51. The average molecular weight is 245 g/mol. The molecule has 16 heavy (non-hydrogen) atoms. The van der Waals surface area contributed by atoms with Gasteiger partial charge in [0.05, 0.1) is 5.69 Å². The SMILES string of the molecule is CCCCc1nc(Cl)c(CNCCCN)[nH]1. The quantitative estimate of drug-likeness (QED) is 0.612. The molecule has 1 aromatic heterocycles. The first-order valence-electron chi connectivity index (χ1n) is 5.92. The Labute approximate surface area is 102 Å². The molecule has 0 aliphatic heterocycles. The number of aromatic nitrogens is 2. The number of imidazole rings is 1. The lowest BCUT2D eigenvalue weighted by Crippen LogP contribution is -2.18. The summed E-state index contributed by atoms with van der Waals surface area (Å²) >= 11 is 6.03. The van der Waals surface area contributed by atoms with Crippen LogP contribution in [-0.4, -0.2) is 23.1 Å². The summed E-state index contributed by atoms with van der Waals surface area (Å²) in [4.78, 5) is 7.55. The van der Waals surface area contributed by atoms with Gasteiger partial charge < -0.3 is 16.0 Å². The lowest BCUT2D eigenvalue weighted by molar-refractivity contribution is 0.646. The third-order valence-corrected chi connectivity index (χ3v) is 2.72. The fourth-order valence-corrected chi connectivity index (χ4v) is 1.68. The number of nitrogens with zero attached hydrogens (tertiary/aromatic N) is 1. The van der Waals surface area contributed by atoms with Crippen molar-refractivity contribution >= 4 is 11.6 Å². The Balaban J connectivity index is 2.37. The minimum Gasteiger partial charge on any atom is -0.344 e. The lowest BCUT2D eigenvalue weighted by atomic mass is 10.2. The highest BCUT2D eigenvalue weighted by molar-refractivity contribution is 6.30. The van der Waals surface area contributed by atoms with Gasteiger partial charge in [0, 0.05) is 13.0 Å². The lowest BCUT2D eigenvalue weighted by Gasteiger charge is -2.01. The first-order chi connectivity index (χ1) is 7.77. The van der Waals surface area contributed by atoms with Gasteiger partial charge in [0.1, 0.15) is 5.82 Å². The number of unbranched alkanes of at least 4 members (excludes halogenated alkanes) is 1. The van der Waals surface area contributed by atoms with Crippen molar-refractivity contribution in [2.24, 2.45) is 5.73 Å². The van der Waals surface area contributed by atoms with Gasteiger partial charge in [-0.1, -0.05) is 24.9 Å². The topological polar surface area (TPSA) is 66.7 Å². The average Bonchev–Trinajstić information content (AvgIpc) is 2.63. The number of halogens is 1. The van der Waals surface area contributed by atoms with Gasteiger partial charge in [-0.3, -0.25) is 0 Å². The van der Waals surface area contributed by atoms with Gasteiger partial charge in [-0.2, -0.15) is 0 Å². The van der Waals surface area contributed by atoms with Crippen molar-refractivity contribution in [3.05, 3.63) is 16.7 Å². The number of H-pyrrole nitrogens is 1. The molecule has 0 spiro atoms. The van der Waals surface area contributed by atoms with E-state index in [1.165, 1.54) is 6.42 Å². The summed E-state index contributed by atoms with van der Waals surface area (Å²) in [5, 5.41) is 3.87. The maximum Gasteiger partial charge on any atom is 0.151 e. The van der Waals surface area contributed by atoms with Gasteiger partial charge >= 0.3 is 0 Å². The standard InChI is InChI=1S/C11H21ClN4/c1-2-3-5-10-15-9(11(12)16-10)8-14-7-4-6-13/h14H,2-8,13H2,1H3,(H,15,16). The second-order valence-electron chi connectivity index (χ2n) is 3.88. The number of nitrogens with one attached hydrogen (secondary N) is 2. The molecule has 0 amide bonds. The van der Waals surface area contributed by atoms with Gasteiger partial charge in [0.2, 0.25) is 0 Å². The van der Waals surface area contributed by atoms with Crippen molar-refractivity contribution in [1.82, 2.24) is 15.3 Å². The van der Waals surface area contributed by atoms with E-state index in [1.54, 1.807) is 0 Å². The Kier molecular flexibility index (Phi) is 6.45. The monoisotopic (exact) mass is 244 g/mol. The van der Waals surface area contributed by atoms with E-state index in [0.717, 1.165) is 43.9 Å². The second kappa shape index (κ2) is 7.65. The Morgan fingerprint density at radius 3 is 2.94 bits per heavy atom. The number of aromatic amines is 1. The molecule has 4 nitrogen and oxygen atoms in total. The van der Waals surface area contributed by atoms with Crippen LogP contribution in [0.5, 0.6) is 0 Å². The summed E-state index contributed by atoms with van der Waals surface area (Å²) in [5.41, 5.74) is 6.39. The molecule has 1 aromatic rings. The van der Waals surface area contributed by atoms with E-state index in [0.29, 0.717) is 11.7 Å². The van der Waals surface area contributed by atoms with Crippen LogP contribution in [0, 0.1) is 0 Å². The van der Waals surface area contributed by atoms with E-state index >= 15 is 0 Å². The fraction of sp³-hybridized carbons (Fsp3) is 0.727. The van der Waals surface area contributed by atoms with E-state index in [1.807, 2.05) is 0 Å². The summed E-state index contributed by atoms with van der Waals surface area (Å²) in [7, 11) is 0. The van der Waals surface area contributed by atoms with Gasteiger partial charge in [-0.25, -0.2) is 4.98 Å². The molecule has 0 atom stereocenters. The highest BCUT2D eigenvalue weighted by atomic mass is 35.5. The fourth-order valence-electron chi connectivity index (χ4n) is 1.46. The van der Waals surface area contributed by atoms with Gasteiger partial charge in [-0.15, -0.1) is 0 Å². The predicted molar refractivity (Wildman–Crippen MR) is 67.6 cm³/mol. The van der Waals surface area contributed by atoms with Crippen LogP contribution in [0.1, 0.15) is 37.7 Å². The molecule has 0 saturated carbocycles. The zero-order valence-electron chi connectivity index (χ0n) is 9.85. The van der Waals surface area contributed by atoms with Crippen LogP contribution in [0.15, 0.2) is 0 Å². The van der Waals surface area contributed by atoms with Crippen LogP contribution in [0.3, 0.4) is 0 Å². The van der Waals surface area contributed by atoms with E-state index in [2.05, 4.69) is 22.2 Å². The smallest absolute Gasteiger partial charge is 0.151 e. The minimum absolute atomic E-state index is 0.589. The number of hydrogen-bond donors (Lipinski definition) is 3. The van der Waals surface area contributed by atoms with Gasteiger partial charge in [-0.05, 0) is 25.9 Å². The van der Waals surface area contributed by atoms with Crippen molar-refractivity contribution < 1.29 is 0 Å². The third-order valence-electron chi connectivity index (χ3n) is 2.40. The van der Waals surface area contributed by atoms with Gasteiger partial charge in [0.15, 0.2) is 5.15 Å². The van der Waals surface area contributed by atoms with Crippen molar-refractivity contribution in [3.63, 3.8) is 0 Å². The van der Waals surface area contributed by atoms with Crippen molar-refractivity contribution in [2.75, 3.05) is 13.1 Å². The molecule has 0 unspecified atom stereocenters. The van der Waals surface area contributed by atoms with E-state index in [4.69, 9.17) is 17.3 Å². The molecule has 0 radical (unpaired) electrons. The number of hydrogen-bond acceptors (Lipinski definition) is 3. The van der Waals surface area contributed by atoms with Crippen LogP contribution in [0.4, 0.5) is 0 Å². The molecule has 0 aliphatic rings. The van der Waals surface area contributed by atoms with Crippen LogP contribution in [0.25, 0.3) is 0 Å². The summed E-state index contributed by atoms with van der Waals surface area (Å²) in [6.07, 6.45) is 4.26. The molecule has 0 fully saturated rings. The molecular formula is C11H21ClN4. The normalized spacial score (nSPS) is 10.9.